The average molecular weight is 234 g/mol. The second kappa shape index (κ2) is 5.79. The number of aromatic nitrogens is 3. The molecule has 0 amide bonds. The first-order chi connectivity index (χ1) is 7.14. The summed E-state index contributed by atoms with van der Waals surface area (Å²) < 4.78 is 29.9. The van der Waals surface area contributed by atoms with Gasteiger partial charge in [-0.05, 0) is 6.42 Å². The fourth-order valence-corrected chi connectivity index (χ4v) is 1.96. The van der Waals surface area contributed by atoms with Gasteiger partial charge in [0.15, 0.2) is 0 Å². The van der Waals surface area contributed by atoms with Crippen LogP contribution in [0.4, 0.5) is 0 Å². The van der Waals surface area contributed by atoms with E-state index in [1.54, 1.807) is 0 Å². The summed E-state index contributed by atoms with van der Waals surface area (Å²) in [5.41, 5.74) is 0. The third-order valence-electron chi connectivity index (χ3n) is 1.69. The van der Waals surface area contributed by atoms with Crippen LogP contribution in [0.2, 0.25) is 0 Å². The highest BCUT2D eigenvalue weighted by Crippen LogP contribution is 1.92. The van der Waals surface area contributed by atoms with Crippen molar-refractivity contribution in [1.29, 1.82) is 0 Å². The highest BCUT2D eigenvalue weighted by atomic mass is 32.2. The predicted molar refractivity (Wildman–Crippen MR) is 53.5 cm³/mol. The van der Waals surface area contributed by atoms with Crippen molar-refractivity contribution in [1.82, 2.24) is 19.9 Å². The number of hydrogen-bond donors (Lipinski definition) is 2. The minimum absolute atomic E-state index is 0.0506. The number of rotatable bonds is 7. The van der Waals surface area contributed by atoms with Crippen LogP contribution >= 0.6 is 0 Å². The monoisotopic (exact) mass is 234 g/mol. The van der Waals surface area contributed by atoms with Crippen molar-refractivity contribution in [2.45, 2.75) is 13.0 Å². The van der Waals surface area contributed by atoms with Gasteiger partial charge in [0.2, 0.25) is 10.0 Å². The Morgan fingerprint density at radius 3 is 3.00 bits per heavy atom. The lowest BCUT2D eigenvalue weighted by Crippen LogP contribution is -2.27. The number of nitrogens with zero attached hydrogens (tertiary/aromatic N) is 2. The molecule has 0 fully saturated rings. The molecule has 0 aliphatic rings. The van der Waals surface area contributed by atoms with Gasteiger partial charge in [0.1, 0.15) is 12.2 Å². The van der Waals surface area contributed by atoms with E-state index in [0.29, 0.717) is 18.9 Å². The number of nitrogens with one attached hydrogen (secondary N) is 2. The quantitative estimate of drug-likeness (QED) is 0.606. The van der Waals surface area contributed by atoms with E-state index in [2.05, 4.69) is 19.9 Å². The zero-order chi connectivity index (χ0) is 11.1. The lowest BCUT2D eigenvalue weighted by atomic mass is 10.5. The molecule has 1 aromatic heterocycles. The van der Waals surface area contributed by atoms with E-state index in [4.69, 9.17) is 4.74 Å². The lowest BCUT2D eigenvalue weighted by Gasteiger charge is -2.04. The van der Waals surface area contributed by atoms with E-state index >= 15 is 0 Å². The van der Waals surface area contributed by atoms with Crippen LogP contribution in [0.5, 0.6) is 0 Å². The Kier molecular flexibility index (Phi) is 4.66. The number of H-pyrrole nitrogens is 1. The Balaban J connectivity index is 2.30. The molecule has 0 spiro atoms. The van der Waals surface area contributed by atoms with Crippen LogP contribution in [0.25, 0.3) is 0 Å². The molecule has 0 saturated heterocycles. The molecule has 0 unspecified atom stereocenters. The molecule has 0 saturated carbocycles. The fourth-order valence-electron chi connectivity index (χ4n) is 0.960. The van der Waals surface area contributed by atoms with Gasteiger partial charge in [0.25, 0.3) is 0 Å². The maximum Gasteiger partial charge on any atom is 0.212 e. The molecule has 0 aromatic carbocycles. The van der Waals surface area contributed by atoms with Gasteiger partial charge in [0.05, 0.1) is 12.3 Å². The Morgan fingerprint density at radius 1 is 1.60 bits per heavy atom. The molecular formula is C7H14N4O3S. The minimum Gasteiger partial charge on any atom is -0.385 e. The second-order valence-electron chi connectivity index (χ2n) is 2.92. The van der Waals surface area contributed by atoms with E-state index in [1.807, 2.05) is 0 Å². The van der Waals surface area contributed by atoms with Crippen molar-refractivity contribution >= 4 is 10.0 Å². The Labute approximate surface area is 88.3 Å². The summed E-state index contributed by atoms with van der Waals surface area (Å²) >= 11 is 0. The molecule has 0 aliphatic heterocycles. The average Bonchev–Trinajstić information content (AvgIpc) is 2.68. The van der Waals surface area contributed by atoms with Crippen molar-refractivity contribution in [2.24, 2.45) is 0 Å². The maximum atomic E-state index is 11.4. The highest BCUT2D eigenvalue weighted by Gasteiger charge is 2.09. The van der Waals surface area contributed by atoms with Gasteiger partial charge >= 0.3 is 0 Å². The third kappa shape index (κ3) is 4.86. The molecule has 8 heteroatoms. The van der Waals surface area contributed by atoms with Crippen LogP contribution in [0.3, 0.4) is 0 Å². The fraction of sp³-hybridized carbons (Fsp3) is 0.714. The highest BCUT2D eigenvalue weighted by molar-refractivity contribution is 7.89. The summed E-state index contributed by atoms with van der Waals surface area (Å²) in [4.78, 5) is 3.80. The standard InChI is InChI=1S/C7H14N4O3S/c1-14-3-2-4-15(12,13)10-5-7-8-6-9-11-7/h6,10H,2-5H2,1H3,(H,8,9,11). The summed E-state index contributed by atoms with van der Waals surface area (Å²) in [7, 11) is -1.71. The van der Waals surface area contributed by atoms with Crippen molar-refractivity contribution in [3.8, 4) is 0 Å². The number of aromatic amines is 1. The first-order valence-electron chi connectivity index (χ1n) is 4.44. The number of sulfonamides is 1. The summed E-state index contributed by atoms with van der Waals surface area (Å²) in [5, 5.41) is 6.17. The van der Waals surface area contributed by atoms with Gasteiger partial charge in [-0.1, -0.05) is 0 Å². The van der Waals surface area contributed by atoms with E-state index in [1.165, 1.54) is 13.4 Å². The zero-order valence-electron chi connectivity index (χ0n) is 8.43. The molecule has 0 bridgehead atoms. The van der Waals surface area contributed by atoms with Gasteiger partial charge in [-0.25, -0.2) is 18.1 Å². The predicted octanol–water partition coefficient (Wildman–Crippen LogP) is -0.739. The molecule has 0 atom stereocenters. The second-order valence-corrected chi connectivity index (χ2v) is 4.84. The van der Waals surface area contributed by atoms with Crippen molar-refractivity contribution < 1.29 is 13.2 Å². The Morgan fingerprint density at radius 2 is 2.40 bits per heavy atom. The summed E-state index contributed by atoms with van der Waals surface area (Å²) in [6.45, 7) is 0.568. The molecule has 86 valence electrons. The van der Waals surface area contributed by atoms with Gasteiger partial charge in [-0.15, -0.1) is 0 Å². The van der Waals surface area contributed by atoms with Crippen LogP contribution in [-0.2, 0) is 21.3 Å². The van der Waals surface area contributed by atoms with Crippen LogP contribution in [0, 0.1) is 0 Å². The molecule has 7 nitrogen and oxygen atoms in total. The lowest BCUT2D eigenvalue weighted by molar-refractivity contribution is 0.199. The Bertz CT molecular complexity index is 362. The Hall–Kier alpha value is -0.990. The van der Waals surface area contributed by atoms with Crippen LogP contribution < -0.4 is 4.72 Å². The minimum atomic E-state index is -3.25. The summed E-state index contributed by atoms with van der Waals surface area (Å²) in [6, 6.07) is 0. The molecule has 1 rings (SSSR count). The van der Waals surface area contributed by atoms with E-state index < -0.39 is 10.0 Å². The van der Waals surface area contributed by atoms with E-state index in [0.717, 1.165) is 0 Å². The third-order valence-corrected chi connectivity index (χ3v) is 3.10. The van der Waals surface area contributed by atoms with Crippen molar-refractivity contribution in [2.75, 3.05) is 19.5 Å². The van der Waals surface area contributed by atoms with Gasteiger partial charge < -0.3 is 4.74 Å². The van der Waals surface area contributed by atoms with E-state index in [9.17, 15) is 8.42 Å². The largest absolute Gasteiger partial charge is 0.385 e. The number of ether oxygens (including phenoxy) is 1. The van der Waals surface area contributed by atoms with Gasteiger partial charge in [0, 0.05) is 13.7 Å². The number of hydrogen-bond acceptors (Lipinski definition) is 5. The van der Waals surface area contributed by atoms with E-state index in [-0.39, 0.29) is 12.3 Å². The SMILES string of the molecule is COCCCS(=O)(=O)NCc1ncn[nH]1. The molecule has 1 aromatic rings. The molecule has 1 heterocycles. The first kappa shape index (κ1) is 12.1. The topological polar surface area (TPSA) is 97.0 Å². The molecule has 0 radical (unpaired) electrons. The van der Waals surface area contributed by atoms with Gasteiger partial charge in [-0.2, -0.15) is 5.10 Å². The number of methoxy groups -OCH3 is 1. The van der Waals surface area contributed by atoms with Gasteiger partial charge in [-0.3, -0.25) is 5.10 Å². The zero-order valence-corrected chi connectivity index (χ0v) is 9.25. The smallest absolute Gasteiger partial charge is 0.212 e. The maximum absolute atomic E-state index is 11.4. The van der Waals surface area contributed by atoms with Crippen molar-refractivity contribution in [3.63, 3.8) is 0 Å². The van der Waals surface area contributed by atoms with Crippen LogP contribution in [0.15, 0.2) is 6.33 Å². The normalized spacial score (nSPS) is 11.8. The van der Waals surface area contributed by atoms with Crippen LogP contribution in [0.1, 0.15) is 12.2 Å². The van der Waals surface area contributed by atoms with Crippen LogP contribution in [-0.4, -0.2) is 43.1 Å². The van der Waals surface area contributed by atoms with Crippen molar-refractivity contribution in [3.05, 3.63) is 12.2 Å². The summed E-state index contributed by atoms with van der Waals surface area (Å²) in [5.74, 6) is 0.542. The molecule has 2 N–H and O–H groups in total. The molecule has 15 heavy (non-hydrogen) atoms. The molecular weight excluding hydrogens is 220 g/mol. The summed E-state index contributed by atoms with van der Waals surface area (Å²) in [6.07, 6.45) is 1.80. The molecule has 0 aliphatic carbocycles. The first-order valence-corrected chi connectivity index (χ1v) is 6.10.